The van der Waals surface area contributed by atoms with Crippen LogP contribution in [0.2, 0.25) is 0 Å². The van der Waals surface area contributed by atoms with E-state index in [1.807, 2.05) is 20.8 Å². The van der Waals surface area contributed by atoms with Crippen LogP contribution in [0.1, 0.15) is 27.7 Å². The van der Waals surface area contributed by atoms with Crippen LogP contribution in [0.15, 0.2) is 18.7 Å². The highest BCUT2D eigenvalue weighted by molar-refractivity contribution is 5.90. The molecular weight excluding hydrogens is 366 g/mol. The van der Waals surface area contributed by atoms with Crippen LogP contribution in [0.25, 0.3) is 0 Å². The zero-order valence-electron chi connectivity index (χ0n) is 16.7. The van der Waals surface area contributed by atoms with Crippen LogP contribution in [0.5, 0.6) is 0 Å². The van der Waals surface area contributed by atoms with Gasteiger partial charge in [-0.3, -0.25) is 14.3 Å². The second kappa shape index (κ2) is 7.08. The minimum Gasteiger partial charge on any atom is -0.465 e. The van der Waals surface area contributed by atoms with Gasteiger partial charge in [0.05, 0.1) is 6.61 Å². The number of carbonyl (C=O) groups excluding carboxylic acids is 2. The molecule has 0 spiro atoms. The third-order valence-electron chi connectivity index (χ3n) is 5.26. The first kappa shape index (κ1) is 20.1. The molecule has 3 rings (SSSR count). The lowest BCUT2D eigenvalue weighted by atomic mass is 9.91. The average molecular weight is 393 g/mol. The van der Waals surface area contributed by atoms with Crippen LogP contribution in [-0.4, -0.2) is 91.9 Å². The fourth-order valence-corrected chi connectivity index (χ4v) is 3.73. The molecule has 10 heteroatoms. The summed E-state index contributed by atoms with van der Waals surface area (Å²) in [7, 11) is 0. The van der Waals surface area contributed by atoms with E-state index in [4.69, 9.17) is 4.74 Å². The van der Waals surface area contributed by atoms with E-state index in [-0.39, 0.29) is 18.5 Å². The third kappa shape index (κ3) is 3.44. The Morgan fingerprint density at radius 1 is 1.14 bits per heavy atom. The van der Waals surface area contributed by atoms with E-state index in [1.165, 1.54) is 17.1 Å². The van der Waals surface area contributed by atoms with Gasteiger partial charge in [0.15, 0.2) is 0 Å². The van der Waals surface area contributed by atoms with Gasteiger partial charge in [0.2, 0.25) is 0 Å². The number of aromatic nitrogens is 2. The standard InChI is InChI=1S/C18H27N5O5/c1-17(2,3)14-23(16(26)27)18(4,11-28-14)13(24)20-7-9-21(10-8-20)15(25)22-6-5-19-12-22/h5-6,12,14H,7-11H2,1-4H3,(H,26,27)/t14-,18+/m1/s1. The second-order valence-corrected chi connectivity index (χ2v) is 8.49. The van der Waals surface area contributed by atoms with Gasteiger partial charge in [0, 0.05) is 44.0 Å². The van der Waals surface area contributed by atoms with Crippen molar-refractivity contribution in [1.82, 2.24) is 24.3 Å². The Morgan fingerprint density at radius 3 is 2.25 bits per heavy atom. The van der Waals surface area contributed by atoms with Crippen molar-refractivity contribution < 1.29 is 24.2 Å². The molecule has 0 aliphatic carbocycles. The van der Waals surface area contributed by atoms with E-state index in [1.54, 1.807) is 22.9 Å². The molecule has 0 radical (unpaired) electrons. The Hall–Kier alpha value is -2.62. The summed E-state index contributed by atoms with van der Waals surface area (Å²) in [5.41, 5.74) is -1.76. The first-order chi connectivity index (χ1) is 13.1. The number of nitrogens with zero attached hydrogens (tertiary/aromatic N) is 5. The molecule has 0 bridgehead atoms. The summed E-state index contributed by atoms with van der Waals surface area (Å²) in [5, 5.41) is 9.76. The summed E-state index contributed by atoms with van der Waals surface area (Å²) in [4.78, 5) is 45.8. The van der Waals surface area contributed by atoms with Gasteiger partial charge in [-0.1, -0.05) is 20.8 Å². The lowest BCUT2D eigenvalue weighted by Gasteiger charge is -2.42. The van der Waals surface area contributed by atoms with Crippen molar-refractivity contribution in [2.45, 2.75) is 39.5 Å². The van der Waals surface area contributed by atoms with Crippen LogP contribution >= 0.6 is 0 Å². The van der Waals surface area contributed by atoms with Crippen molar-refractivity contribution in [1.29, 1.82) is 0 Å². The number of carbonyl (C=O) groups is 3. The van der Waals surface area contributed by atoms with Gasteiger partial charge in [0.25, 0.3) is 5.91 Å². The van der Waals surface area contributed by atoms with Crippen molar-refractivity contribution in [3.8, 4) is 0 Å². The minimum absolute atomic E-state index is 0.00819. The van der Waals surface area contributed by atoms with Gasteiger partial charge in [0.1, 0.15) is 18.1 Å². The van der Waals surface area contributed by atoms with E-state index < -0.39 is 23.3 Å². The van der Waals surface area contributed by atoms with E-state index in [9.17, 15) is 19.5 Å². The topological polar surface area (TPSA) is 108 Å². The highest BCUT2D eigenvalue weighted by Crippen LogP contribution is 2.38. The predicted molar refractivity (Wildman–Crippen MR) is 98.6 cm³/mol. The molecule has 154 valence electrons. The molecule has 2 fully saturated rings. The molecule has 2 aliphatic rings. The fourth-order valence-electron chi connectivity index (χ4n) is 3.73. The molecule has 1 aromatic heterocycles. The highest BCUT2D eigenvalue weighted by atomic mass is 16.5. The van der Waals surface area contributed by atoms with Gasteiger partial charge in [-0.25, -0.2) is 14.6 Å². The Balaban J connectivity index is 1.70. The molecule has 3 heterocycles. The zero-order chi connectivity index (χ0) is 20.7. The van der Waals surface area contributed by atoms with Crippen LogP contribution in [-0.2, 0) is 9.53 Å². The Kier molecular flexibility index (Phi) is 5.09. The van der Waals surface area contributed by atoms with Gasteiger partial charge in [-0.15, -0.1) is 0 Å². The maximum atomic E-state index is 13.2. The van der Waals surface area contributed by atoms with E-state index in [2.05, 4.69) is 4.98 Å². The van der Waals surface area contributed by atoms with Crippen molar-refractivity contribution in [3.63, 3.8) is 0 Å². The van der Waals surface area contributed by atoms with Crippen molar-refractivity contribution in [2.75, 3.05) is 32.8 Å². The largest absolute Gasteiger partial charge is 0.465 e. The summed E-state index contributed by atoms with van der Waals surface area (Å²) < 4.78 is 7.14. The molecule has 0 unspecified atom stereocenters. The third-order valence-corrected chi connectivity index (χ3v) is 5.26. The smallest absolute Gasteiger partial charge is 0.410 e. The predicted octanol–water partition coefficient (Wildman–Crippen LogP) is 1.14. The van der Waals surface area contributed by atoms with Crippen LogP contribution in [0.4, 0.5) is 9.59 Å². The minimum atomic E-state index is -1.29. The van der Waals surface area contributed by atoms with E-state index in [0.717, 1.165) is 4.90 Å². The molecule has 2 saturated heterocycles. The van der Waals surface area contributed by atoms with Crippen molar-refractivity contribution in [2.24, 2.45) is 5.41 Å². The van der Waals surface area contributed by atoms with E-state index in [0.29, 0.717) is 26.2 Å². The number of carboxylic acid groups (broad SMARTS) is 1. The summed E-state index contributed by atoms with van der Waals surface area (Å²) in [6.45, 7) is 8.67. The molecular formula is C18H27N5O5. The van der Waals surface area contributed by atoms with Gasteiger partial charge < -0.3 is 19.6 Å². The summed E-state index contributed by atoms with van der Waals surface area (Å²) in [5.74, 6) is -0.295. The number of ether oxygens (including phenoxy) is 1. The Labute approximate surface area is 163 Å². The normalized spacial score (nSPS) is 25.9. The number of hydrogen-bond acceptors (Lipinski definition) is 5. The zero-order valence-corrected chi connectivity index (χ0v) is 16.7. The number of piperazine rings is 1. The molecule has 10 nitrogen and oxygen atoms in total. The summed E-state index contributed by atoms with van der Waals surface area (Å²) in [6, 6.07) is -0.194. The lowest BCUT2D eigenvalue weighted by Crippen LogP contribution is -2.63. The summed E-state index contributed by atoms with van der Waals surface area (Å²) in [6.07, 6.45) is 2.66. The number of imidazole rings is 1. The van der Waals surface area contributed by atoms with Gasteiger partial charge >= 0.3 is 12.1 Å². The molecule has 2 atom stereocenters. The molecule has 0 saturated carbocycles. The van der Waals surface area contributed by atoms with Crippen LogP contribution in [0, 0.1) is 5.41 Å². The molecule has 1 aromatic rings. The average Bonchev–Trinajstić information content (AvgIpc) is 3.28. The summed E-state index contributed by atoms with van der Waals surface area (Å²) >= 11 is 0. The monoisotopic (exact) mass is 393 g/mol. The van der Waals surface area contributed by atoms with Crippen LogP contribution < -0.4 is 0 Å². The van der Waals surface area contributed by atoms with Gasteiger partial charge in [-0.05, 0) is 6.92 Å². The van der Waals surface area contributed by atoms with Crippen molar-refractivity contribution in [3.05, 3.63) is 18.7 Å². The van der Waals surface area contributed by atoms with E-state index >= 15 is 0 Å². The molecule has 28 heavy (non-hydrogen) atoms. The Bertz CT molecular complexity index is 751. The molecule has 3 amide bonds. The SMILES string of the molecule is CC(C)(C)[C@H]1OC[C@@](C)(C(=O)N2CCN(C(=O)n3ccnc3)CC2)N1C(=O)O. The highest BCUT2D eigenvalue weighted by Gasteiger charge is 2.56. The quantitative estimate of drug-likeness (QED) is 0.766. The maximum absolute atomic E-state index is 13.2. The first-order valence-corrected chi connectivity index (χ1v) is 9.26. The van der Waals surface area contributed by atoms with Crippen molar-refractivity contribution >= 4 is 18.0 Å². The number of hydrogen-bond donors (Lipinski definition) is 1. The van der Waals surface area contributed by atoms with Crippen LogP contribution in [0.3, 0.4) is 0 Å². The fraction of sp³-hybridized carbons (Fsp3) is 0.667. The molecule has 1 N–H and O–H groups in total. The molecule has 0 aromatic carbocycles. The number of amides is 3. The first-order valence-electron chi connectivity index (χ1n) is 9.26. The molecule has 2 aliphatic heterocycles. The second-order valence-electron chi connectivity index (χ2n) is 8.49. The number of rotatable bonds is 1. The maximum Gasteiger partial charge on any atom is 0.410 e. The van der Waals surface area contributed by atoms with Gasteiger partial charge in [-0.2, -0.15) is 0 Å². The lowest BCUT2D eigenvalue weighted by molar-refractivity contribution is -0.143. The Morgan fingerprint density at radius 2 is 1.75 bits per heavy atom.